The smallest absolute Gasteiger partial charge is 0.271 e. The summed E-state index contributed by atoms with van der Waals surface area (Å²) in [5.74, 6) is -0.196. The van der Waals surface area contributed by atoms with Crippen molar-refractivity contribution in [1.82, 2.24) is 5.32 Å². The van der Waals surface area contributed by atoms with Gasteiger partial charge in [0.2, 0.25) is 5.91 Å². The molecule has 1 atom stereocenters. The number of hydrogen-bond acceptors (Lipinski definition) is 5. The number of nitrogens with one attached hydrogen (secondary N) is 2. The molecule has 1 heterocycles. The number of carbonyl (C=O) groups is 1. The van der Waals surface area contributed by atoms with Crippen LogP contribution >= 0.6 is 11.3 Å². The third kappa shape index (κ3) is 5.05. The van der Waals surface area contributed by atoms with E-state index in [0.717, 1.165) is 16.9 Å². The first-order valence-electron chi connectivity index (χ1n) is 6.96. The maximum absolute atomic E-state index is 12.1. The molecule has 0 aliphatic carbocycles. The van der Waals surface area contributed by atoms with E-state index in [1.165, 1.54) is 6.07 Å². The van der Waals surface area contributed by atoms with Crippen LogP contribution in [-0.2, 0) is 21.2 Å². The molecule has 1 aromatic carbocycles. The molecule has 8 heteroatoms. The van der Waals surface area contributed by atoms with Crippen LogP contribution in [0.4, 0.5) is 5.69 Å². The number of sulfonamides is 1. The molecule has 0 saturated heterocycles. The molecule has 2 rings (SSSR count). The van der Waals surface area contributed by atoms with Crippen LogP contribution in [0.15, 0.2) is 46.0 Å². The molecule has 124 valence electrons. The Hall–Kier alpha value is -1.90. The molecule has 1 aromatic heterocycles. The number of carbonyl (C=O) groups excluding carboxylic acids is 1. The van der Waals surface area contributed by atoms with E-state index in [-0.39, 0.29) is 29.2 Å². The summed E-state index contributed by atoms with van der Waals surface area (Å²) in [7, 11) is -3.56. The van der Waals surface area contributed by atoms with Crippen molar-refractivity contribution in [1.29, 1.82) is 0 Å². The molecule has 0 spiro atoms. The number of hydrogen-bond donors (Lipinski definition) is 3. The van der Waals surface area contributed by atoms with Crippen LogP contribution in [-0.4, -0.2) is 32.1 Å². The van der Waals surface area contributed by atoms with Gasteiger partial charge in [-0.05, 0) is 36.1 Å². The summed E-state index contributed by atoms with van der Waals surface area (Å²) in [5.41, 5.74) is 1.19. The molecular formula is C15H18N2O4S2. The van der Waals surface area contributed by atoms with Crippen LogP contribution in [0.25, 0.3) is 0 Å². The zero-order chi connectivity index (χ0) is 16.9. The van der Waals surface area contributed by atoms with Crippen molar-refractivity contribution in [2.24, 2.45) is 0 Å². The standard InChI is InChI=1S/C15H18N2O4S2/c1-11(10-18)16-14(19)9-12-4-6-13(7-5-12)17-23(20,21)15-3-2-8-22-15/h2-8,11,17-18H,9-10H2,1H3,(H,16,19). The first kappa shape index (κ1) is 17.5. The van der Waals surface area contributed by atoms with Gasteiger partial charge in [0.15, 0.2) is 0 Å². The zero-order valence-corrected chi connectivity index (χ0v) is 14.2. The zero-order valence-electron chi connectivity index (χ0n) is 12.5. The van der Waals surface area contributed by atoms with Gasteiger partial charge < -0.3 is 10.4 Å². The Morgan fingerprint density at radius 3 is 2.52 bits per heavy atom. The molecule has 0 aliphatic heterocycles. The number of aliphatic hydroxyl groups excluding tert-OH is 1. The molecule has 1 amide bonds. The highest BCUT2D eigenvalue weighted by Gasteiger charge is 2.15. The maximum atomic E-state index is 12.1. The summed E-state index contributed by atoms with van der Waals surface area (Å²) in [6, 6.07) is 9.53. The Balaban J connectivity index is 1.99. The predicted octanol–water partition coefficient (Wildman–Crippen LogP) is 1.59. The van der Waals surface area contributed by atoms with Crippen LogP contribution in [0.1, 0.15) is 12.5 Å². The van der Waals surface area contributed by atoms with Crippen molar-refractivity contribution >= 4 is 33.0 Å². The topological polar surface area (TPSA) is 95.5 Å². The van der Waals surface area contributed by atoms with Gasteiger partial charge in [0.25, 0.3) is 10.0 Å². The largest absolute Gasteiger partial charge is 0.394 e. The van der Waals surface area contributed by atoms with Crippen molar-refractivity contribution in [2.45, 2.75) is 23.6 Å². The monoisotopic (exact) mass is 354 g/mol. The predicted molar refractivity (Wildman–Crippen MR) is 90.0 cm³/mol. The van der Waals surface area contributed by atoms with Crippen LogP contribution in [0.3, 0.4) is 0 Å². The molecule has 3 N–H and O–H groups in total. The maximum Gasteiger partial charge on any atom is 0.271 e. The molecule has 0 saturated carbocycles. The summed E-state index contributed by atoms with van der Waals surface area (Å²) < 4.78 is 26.9. The van der Waals surface area contributed by atoms with Gasteiger partial charge in [-0.1, -0.05) is 18.2 Å². The van der Waals surface area contributed by atoms with E-state index < -0.39 is 10.0 Å². The molecule has 1 unspecified atom stereocenters. The number of anilines is 1. The highest BCUT2D eigenvalue weighted by Crippen LogP contribution is 2.20. The number of thiophene rings is 1. The Morgan fingerprint density at radius 1 is 1.26 bits per heavy atom. The number of rotatable bonds is 7. The van der Waals surface area contributed by atoms with Crippen molar-refractivity contribution in [2.75, 3.05) is 11.3 Å². The van der Waals surface area contributed by atoms with Crippen molar-refractivity contribution < 1.29 is 18.3 Å². The van der Waals surface area contributed by atoms with Gasteiger partial charge in [-0.15, -0.1) is 11.3 Å². The Labute approximate surface area is 139 Å². The van der Waals surface area contributed by atoms with Crippen LogP contribution < -0.4 is 10.0 Å². The van der Waals surface area contributed by atoms with Crippen LogP contribution in [0, 0.1) is 0 Å². The lowest BCUT2D eigenvalue weighted by Crippen LogP contribution is -2.35. The fourth-order valence-corrected chi connectivity index (χ4v) is 3.92. The average Bonchev–Trinajstić information content (AvgIpc) is 3.04. The quantitative estimate of drug-likeness (QED) is 0.703. The second kappa shape index (κ2) is 7.58. The van der Waals surface area contributed by atoms with E-state index >= 15 is 0 Å². The van der Waals surface area contributed by atoms with Gasteiger partial charge in [-0.3, -0.25) is 9.52 Å². The van der Waals surface area contributed by atoms with E-state index in [9.17, 15) is 13.2 Å². The van der Waals surface area contributed by atoms with Gasteiger partial charge in [0.1, 0.15) is 4.21 Å². The molecule has 23 heavy (non-hydrogen) atoms. The van der Waals surface area contributed by atoms with E-state index in [1.54, 1.807) is 42.6 Å². The molecule has 0 radical (unpaired) electrons. The molecule has 2 aromatic rings. The molecule has 0 fully saturated rings. The summed E-state index contributed by atoms with van der Waals surface area (Å²) in [6.07, 6.45) is 0.169. The molecule has 0 aliphatic rings. The van der Waals surface area contributed by atoms with Gasteiger partial charge >= 0.3 is 0 Å². The van der Waals surface area contributed by atoms with Crippen LogP contribution in [0.2, 0.25) is 0 Å². The summed E-state index contributed by atoms with van der Waals surface area (Å²) in [6.45, 7) is 1.59. The second-order valence-corrected chi connectivity index (χ2v) is 7.92. The van der Waals surface area contributed by atoms with E-state index in [4.69, 9.17) is 5.11 Å². The Morgan fingerprint density at radius 2 is 1.96 bits per heavy atom. The minimum absolute atomic E-state index is 0.116. The fourth-order valence-electron chi connectivity index (χ4n) is 1.87. The van der Waals surface area contributed by atoms with Crippen molar-refractivity contribution in [3.8, 4) is 0 Å². The Kier molecular flexibility index (Phi) is 5.75. The van der Waals surface area contributed by atoms with Gasteiger partial charge in [-0.25, -0.2) is 8.42 Å². The normalized spacial score (nSPS) is 12.6. The van der Waals surface area contributed by atoms with E-state index in [1.807, 2.05) is 0 Å². The molecule has 0 bridgehead atoms. The SMILES string of the molecule is CC(CO)NC(=O)Cc1ccc(NS(=O)(=O)c2cccs2)cc1. The molecule has 6 nitrogen and oxygen atoms in total. The number of benzene rings is 1. The van der Waals surface area contributed by atoms with Crippen LogP contribution in [0.5, 0.6) is 0 Å². The highest BCUT2D eigenvalue weighted by molar-refractivity contribution is 7.94. The lowest BCUT2D eigenvalue weighted by Gasteiger charge is -2.11. The Bertz CT molecular complexity index is 740. The van der Waals surface area contributed by atoms with Gasteiger partial charge in [0, 0.05) is 11.7 Å². The first-order valence-corrected chi connectivity index (χ1v) is 9.32. The highest BCUT2D eigenvalue weighted by atomic mass is 32.2. The lowest BCUT2D eigenvalue weighted by atomic mass is 10.1. The summed E-state index contributed by atoms with van der Waals surface area (Å²) in [5, 5.41) is 13.2. The third-order valence-electron chi connectivity index (χ3n) is 3.01. The van der Waals surface area contributed by atoms with Crippen molar-refractivity contribution in [3.63, 3.8) is 0 Å². The number of amides is 1. The minimum atomic E-state index is -3.56. The van der Waals surface area contributed by atoms with Gasteiger partial charge in [-0.2, -0.15) is 0 Å². The molecular weight excluding hydrogens is 336 g/mol. The third-order valence-corrected chi connectivity index (χ3v) is 5.79. The van der Waals surface area contributed by atoms with Crippen molar-refractivity contribution in [3.05, 3.63) is 47.3 Å². The lowest BCUT2D eigenvalue weighted by molar-refractivity contribution is -0.121. The number of aliphatic hydroxyl groups is 1. The average molecular weight is 354 g/mol. The second-order valence-electron chi connectivity index (χ2n) is 5.06. The first-order chi connectivity index (χ1) is 10.9. The van der Waals surface area contributed by atoms with Gasteiger partial charge in [0.05, 0.1) is 13.0 Å². The van der Waals surface area contributed by atoms with E-state index in [2.05, 4.69) is 10.0 Å². The minimum Gasteiger partial charge on any atom is -0.394 e. The van der Waals surface area contributed by atoms with E-state index in [0.29, 0.717) is 5.69 Å². The summed E-state index contributed by atoms with van der Waals surface area (Å²) >= 11 is 1.14. The summed E-state index contributed by atoms with van der Waals surface area (Å²) in [4.78, 5) is 11.7. The fraction of sp³-hybridized carbons (Fsp3) is 0.267.